The number of carbonyl (C=O) groups is 1. The second-order valence-electron chi connectivity index (χ2n) is 8.17. The number of hydrogen-bond acceptors (Lipinski definition) is 7. The van der Waals surface area contributed by atoms with Gasteiger partial charge in [0.1, 0.15) is 5.75 Å². The number of aromatic nitrogens is 2. The molecule has 0 amide bonds. The van der Waals surface area contributed by atoms with E-state index in [1.54, 1.807) is 12.4 Å². The summed E-state index contributed by atoms with van der Waals surface area (Å²) in [5, 5.41) is 13.5. The zero-order valence-electron chi connectivity index (χ0n) is 19.1. The summed E-state index contributed by atoms with van der Waals surface area (Å²) in [7, 11) is 2.58. The third kappa shape index (κ3) is 5.96. The third-order valence-electron chi connectivity index (χ3n) is 5.38. The Balaban J connectivity index is 0.00000204. The topological polar surface area (TPSA) is 84.7 Å². The predicted molar refractivity (Wildman–Crippen MR) is 145 cm³/mol. The van der Waals surface area contributed by atoms with E-state index in [0.29, 0.717) is 39.0 Å². The Bertz CT molecular complexity index is 1180. The highest BCUT2D eigenvalue weighted by atomic mass is 79.9. The number of aromatic hydroxyl groups is 1. The van der Waals surface area contributed by atoms with Crippen LogP contribution in [0.1, 0.15) is 53.1 Å². The van der Waals surface area contributed by atoms with E-state index in [1.807, 2.05) is 30.4 Å². The number of ether oxygens (including phenoxy) is 1. The molecule has 1 aliphatic rings. The Morgan fingerprint density at radius 1 is 1.35 bits per heavy atom. The van der Waals surface area contributed by atoms with Crippen molar-refractivity contribution in [1.29, 1.82) is 0 Å². The lowest BCUT2D eigenvalue weighted by atomic mass is 10.0. The Morgan fingerprint density at radius 3 is 2.62 bits per heavy atom. The summed E-state index contributed by atoms with van der Waals surface area (Å²) < 4.78 is 21.3. The average Bonchev–Trinajstić information content (AvgIpc) is 3.33. The average molecular weight is 613 g/mol. The molecular weight excluding hydrogens is 585 g/mol. The van der Waals surface area contributed by atoms with Gasteiger partial charge in [-0.1, -0.05) is 0 Å². The van der Waals surface area contributed by atoms with E-state index >= 15 is 0 Å². The number of hydrogen-bond donors (Lipinski definition) is 1. The van der Waals surface area contributed by atoms with Crippen LogP contribution < -0.4 is 0 Å². The quantitative estimate of drug-likeness (QED) is 0.324. The van der Waals surface area contributed by atoms with Crippen LogP contribution in [0, 0.1) is 0 Å². The van der Waals surface area contributed by atoms with Crippen LogP contribution in [-0.4, -0.2) is 50.4 Å². The van der Waals surface area contributed by atoms with E-state index in [1.165, 1.54) is 11.3 Å². The summed E-state index contributed by atoms with van der Waals surface area (Å²) in [5.74, 6) is 0.216. The second kappa shape index (κ2) is 12.2. The van der Waals surface area contributed by atoms with Gasteiger partial charge in [0.05, 0.1) is 44.9 Å². The Hall–Kier alpha value is -1.17. The number of nitrogens with zero attached hydrogens (tertiary/aromatic N) is 3. The molecule has 0 saturated heterocycles. The summed E-state index contributed by atoms with van der Waals surface area (Å²) in [4.78, 5) is 19.4. The van der Waals surface area contributed by atoms with E-state index in [0.717, 1.165) is 24.1 Å². The van der Waals surface area contributed by atoms with Gasteiger partial charge in [0.25, 0.3) is 0 Å². The number of carbonyl (C=O) groups excluding carboxylic acids is 1. The first-order chi connectivity index (χ1) is 15.3. The minimum absolute atomic E-state index is 0. The van der Waals surface area contributed by atoms with E-state index in [-0.39, 0.29) is 49.0 Å². The maximum absolute atomic E-state index is 13.2. The fourth-order valence-electron chi connectivity index (χ4n) is 4.02. The van der Waals surface area contributed by atoms with Gasteiger partial charge in [0.15, 0.2) is 0 Å². The molecule has 12 heteroatoms. The molecule has 0 radical (unpaired) electrons. The molecular formula is C22H28BrCl2N3O4S2. The smallest absolute Gasteiger partial charge is 0.340 e. The van der Waals surface area contributed by atoms with Crippen LogP contribution in [0.4, 0.5) is 0 Å². The predicted octanol–water partition coefficient (Wildman–Crippen LogP) is 5.43. The standard InChI is InChI=1S/C22H26BrN3O4S2.2ClH/c1-4-30-22(28)20-18(11-32(29)10-13-9-31-12-24-13)26(14-5-6-14)17-7-16(23)21(27)15(19(17)20)8-25(2)3;;/h7,9,12,14,27H,4-6,8,10-11H2,1-3H3;2*1H. The maximum atomic E-state index is 13.2. The van der Waals surface area contributed by atoms with Crippen molar-refractivity contribution in [3.63, 3.8) is 0 Å². The number of halogens is 3. The van der Waals surface area contributed by atoms with Crippen molar-refractivity contribution in [1.82, 2.24) is 14.5 Å². The minimum atomic E-state index is -1.25. The lowest BCUT2D eigenvalue weighted by molar-refractivity contribution is 0.0527. The molecule has 1 saturated carbocycles. The monoisotopic (exact) mass is 611 g/mol. The van der Waals surface area contributed by atoms with Gasteiger partial charge in [-0.25, -0.2) is 9.78 Å². The van der Waals surface area contributed by atoms with Gasteiger partial charge in [0.2, 0.25) is 0 Å². The molecule has 1 N–H and O–H groups in total. The highest BCUT2D eigenvalue weighted by molar-refractivity contribution is 9.10. The molecule has 3 aromatic rings. The maximum Gasteiger partial charge on any atom is 0.340 e. The minimum Gasteiger partial charge on any atom is -0.506 e. The van der Waals surface area contributed by atoms with E-state index < -0.39 is 16.8 Å². The van der Waals surface area contributed by atoms with E-state index in [9.17, 15) is 14.1 Å². The summed E-state index contributed by atoms with van der Waals surface area (Å²) in [6.45, 7) is 2.46. The molecule has 0 aliphatic heterocycles. The van der Waals surface area contributed by atoms with Crippen LogP contribution in [0.25, 0.3) is 10.9 Å². The van der Waals surface area contributed by atoms with Crippen molar-refractivity contribution >= 4 is 79.8 Å². The fraction of sp³-hybridized carbons (Fsp3) is 0.455. The Kier molecular flexibility index (Phi) is 10.4. The number of thiazole rings is 1. The van der Waals surface area contributed by atoms with E-state index in [2.05, 4.69) is 25.5 Å². The summed E-state index contributed by atoms with van der Waals surface area (Å²) in [6, 6.07) is 2.10. The Labute approximate surface area is 226 Å². The normalized spacial score (nSPS) is 14.0. The van der Waals surface area contributed by atoms with Gasteiger partial charge in [-0.05, 0) is 55.9 Å². The molecule has 188 valence electrons. The highest BCUT2D eigenvalue weighted by Crippen LogP contribution is 2.46. The zero-order chi connectivity index (χ0) is 23.0. The largest absolute Gasteiger partial charge is 0.506 e. The lowest BCUT2D eigenvalue weighted by Crippen LogP contribution is -2.14. The van der Waals surface area contributed by atoms with Gasteiger partial charge in [-0.3, -0.25) is 4.21 Å². The number of esters is 1. The molecule has 0 bridgehead atoms. The van der Waals surface area contributed by atoms with Crippen molar-refractivity contribution in [2.75, 3.05) is 20.7 Å². The van der Waals surface area contributed by atoms with Gasteiger partial charge < -0.3 is 19.3 Å². The number of rotatable bonds is 9. The van der Waals surface area contributed by atoms with E-state index in [4.69, 9.17) is 4.74 Å². The number of fused-ring (bicyclic) bond motifs is 1. The number of phenols is 1. The first kappa shape index (κ1) is 29.1. The third-order valence-corrected chi connectivity index (χ3v) is 7.83. The van der Waals surface area contributed by atoms with Crippen LogP contribution in [0.15, 0.2) is 21.4 Å². The van der Waals surface area contributed by atoms with Crippen molar-refractivity contribution in [3.8, 4) is 5.75 Å². The summed E-state index contributed by atoms with van der Waals surface area (Å²) in [5.41, 5.74) is 5.16. The molecule has 0 spiro atoms. The molecule has 2 aromatic heterocycles. The van der Waals surface area contributed by atoms with Gasteiger partial charge in [-0.2, -0.15) is 0 Å². The van der Waals surface area contributed by atoms with Crippen LogP contribution >= 0.6 is 52.1 Å². The highest BCUT2D eigenvalue weighted by Gasteiger charge is 2.35. The lowest BCUT2D eigenvalue weighted by Gasteiger charge is -2.15. The van der Waals surface area contributed by atoms with Gasteiger partial charge >= 0.3 is 5.97 Å². The second-order valence-corrected chi connectivity index (χ2v) is 11.2. The van der Waals surface area contributed by atoms with Crippen LogP contribution in [0.3, 0.4) is 0 Å². The SMILES string of the molecule is CCOC(=O)c1c(CS(=O)Cc2cscn2)n(C2CC2)c2cc(Br)c(O)c(CN(C)C)c12.Cl.Cl. The van der Waals surface area contributed by atoms with Crippen molar-refractivity contribution < 1.29 is 18.8 Å². The molecule has 1 fully saturated rings. The van der Waals surface area contributed by atoms with Crippen molar-refractivity contribution in [2.45, 2.75) is 43.9 Å². The van der Waals surface area contributed by atoms with Gasteiger partial charge in [-0.15, -0.1) is 36.2 Å². The molecule has 4 rings (SSSR count). The summed E-state index contributed by atoms with van der Waals surface area (Å²) in [6.07, 6.45) is 2.00. The van der Waals surface area contributed by atoms with Crippen LogP contribution in [0.2, 0.25) is 0 Å². The first-order valence-electron chi connectivity index (χ1n) is 10.4. The number of phenolic OH excluding ortho intramolecular Hbond substituents is 1. The molecule has 1 aromatic carbocycles. The molecule has 1 atom stereocenters. The van der Waals surface area contributed by atoms with Crippen molar-refractivity contribution in [3.05, 3.63) is 43.9 Å². The first-order valence-corrected chi connectivity index (χ1v) is 13.6. The zero-order valence-corrected chi connectivity index (χ0v) is 23.9. The van der Waals surface area contributed by atoms with Crippen LogP contribution in [-0.2, 0) is 33.6 Å². The fourth-order valence-corrected chi connectivity index (χ4v) is 6.32. The molecule has 34 heavy (non-hydrogen) atoms. The van der Waals surface area contributed by atoms with Crippen LogP contribution in [0.5, 0.6) is 5.75 Å². The Morgan fingerprint density at radius 2 is 2.06 bits per heavy atom. The van der Waals surface area contributed by atoms with Crippen molar-refractivity contribution in [2.24, 2.45) is 0 Å². The summed E-state index contributed by atoms with van der Waals surface area (Å²) >= 11 is 4.96. The molecule has 1 aliphatic carbocycles. The molecule has 1 unspecified atom stereocenters. The molecule has 2 heterocycles. The number of benzene rings is 1. The van der Waals surface area contributed by atoms with Gasteiger partial charge in [0, 0.05) is 45.4 Å². The molecule has 7 nitrogen and oxygen atoms in total.